The predicted octanol–water partition coefficient (Wildman–Crippen LogP) is 1.40. The summed E-state index contributed by atoms with van der Waals surface area (Å²) in [6.07, 6.45) is 14.7. The quantitative estimate of drug-likeness (QED) is 0.173. The van der Waals surface area contributed by atoms with Gasteiger partial charge in [0.25, 0.3) is 0 Å². The van der Waals surface area contributed by atoms with Crippen molar-refractivity contribution in [1.82, 2.24) is 9.13 Å². The molecule has 0 radical (unpaired) electrons. The molecule has 10 heteroatoms. The SMILES string of the molecule is Nc1ccc(N2CC(O)CC2C[n+]2ccn(CCCn3cc[n+](CC4CC(O)CN4c4ccc(N)cc4)c3)c2)cc1. The largest absolute Gasteiger partial charge is 0.399 e. The van der Waals surface area contributed by atoms with E-state index in [0.29, 0.717) is 13.1 Å². The van der Waals surface area contributed by atoms with E-state index in [1.165, 1.54) is 0 Å². The van der Waals surface area contributed by atoms with Gasteiger partial charge in [0, 0.05) is 42.3 Å². The summed E-state index contributed by atoms with van der Waals surface area (Å²) in [6, 6.07) is 16.3. The molecule has 2 fully saturated rings. The third-order valence-electron chi connectivity index (χ3n) is 8.40. The Morgan fingerprint density at radius 3 is 1.49 bits per heavy atom. The number of hydrogen-bond donors (Lipinski definition) is 4. The minimum atomic E-state index is -0.316. The minimum Gasteiger partial charge on any atom is -0.399 e. The van der Waals surface area contributed by atoms with Crippen LogP contribution in [0, 0.1) is 0 Å². The first kappa shape index (κ1) is 27.2. The summed E-state index contributed by atoms with van der Waals surface area (Å²) in [5.74, 6) is 0. The van der Waals surface area contributed by atoms with Gasteiger partial charge in [-0.3, -0.25) is 0 Å². The number of aliphatic hydroxyl groups is 2. The highest BCUT2D eigenvalue weighted by Gasteiger charge is 2.34. The molecule has 4 aromatic rings. The van der Waals surface area contributed by atoms with E-state index in [0.717, 1.165) is 68.2 Å². The zero-order chi connectivity index (χ0) is 28.3. The molecule has 6 rings (SSSR count). The van der Waals surface area contributed by atoms with Gasteiger partial charge >= 0.3 is 0 Å². The molecule has 2 aromatic heterocycles. The van der Waals surface area contributed by atoms with Crippen LogP contribution < -0.4 is 30.4 Å². The standard InChI is InChI=1S/C31H42N8O2/c32-24-2-6-26(7-3-24)38-20-30(40)16-28(38)18-36-14-12-34(22-36)10-1-11-35-13-15-37(23-35)19-29-17-31(41)21-39(29)27-8-4-25(33)5-9-27/h2-9,12-15,22-23,28-31,40-41H,1,10-11,16-21,32-33H2/q+2. The Bertz CT molecular complexity index is 1310. The van der Waals surface area contributed by atoms with Crippen molar-refractivity contribution < 1.29 is 19.3 Å². The highest BCUT2D eigenvalue weighted by molar-refractivity contribution is 5.55. The van der Waals surface area contributed by atoms with Crippen LogP contribution in [0.4, 0.5) is 22.7 Å². The zero-order valence-electron chi connectivity index (χ0n) is 23.5. The summed E-state index contributed by atoms with van der Waals surface area (Å²) in [5, 5.41) is 20.7. The maximum absolute atomic E-state index is 10.4. The summed E-state index contributed by atoms with van der Waals surface area (Å²) < 4.78 is 8.92. The van der Waals surface area contributed by atoms with Gasteiger partial charge in [-0.1, -0.05) is 0 Å². The fourth-order valence-electron chi connectivity index (χ4n) is 6.37. The van der Waals surface area contributed by atoms with E-state index in [1.807, 2.05) is 48.5 Å². The number of nitrogen functional groups attached to an aromatic ring is 2. The lowest BCUT2D eigenvalue weighted by atomic mass is 10.2. The molecule has 0 aliphatic carbocycles. The van der Waals surface area contributed by atoms with Crippen molar-refractivity contribution in [1.29, 1.82) is 0 Å². The second-order valence-corrected chi connectivity index (χ2v) is 11.6. The lowest BCUT2D eigenvalue weighted by Gasteiger charge is -2.25. The van der Waals surface area contributed by atoms with Gasteiger partial charge in [0.15, 0.2) is 0 Å². The lowest BCUT2D eigenvalue weighted by Crippen LogP contribution is -2.44. The maximum Gasteiger partial charge on any atom is 0.243 e. The van der Waals surface area contributed by atoms with E-state index in [1.54, 1.807) is 0 Å². The summed E-state index contributed by atoms with van der Waals surface area (Å²) in [6.45, 7) is 4.81. The normalized spacial score (nSPS) is 22.6. The average Bonchev–Trinajstić information content (AvgIpc) is 3.74. The van der Waals surface area contributed by atoms with E-state index >= 15 is 0 Å². The highest BCUT2D eigenvalue weighted by Crippen LogP contribution is 2.28. The minimum absolute atomic E-state index is 0.238. The van der Waals surface area contributed by atoms with Crippen LogP contribution >= 0.6 is 0 Å². The van der Waals surface area contributed by atoms with Crippen LogP contribution in [0.5, 0.6) is 0 Å². The number of nitrogens with two attached hydrogens (primary N) is 2. The van der Waals surface area contributed by atoms with Crippen LogP contribution in [0.15, 0.2) is 86.0 Å². The zero-order valence-corrected chi connectivity index (χ0v) is 23.5. The molecule has 4 atom stereocenters. The van der Waals surface area contributed by atoms with Gasteiger partial charge in [-0.2, -0.15) is 0 Å². The second-order valence-electron chi connectivity index (χ2n) is 11.6. The van der Waals surface area contributed by atoms with E-state index < -0.39 is 0 Å². The Labute approximate surface area is 241 Å². The van der Waals surface area contributed by atoms with Crippen molar-refractivity contribution in [3.05, 3.63) is 86.0 Å². The van der Waals surface area contributed by atoms with Gasteiger partial charge in [0.1, 0.15) is 37.9 Å². The fourth-order valence-corrected chi connectivity index (χ4v) is 6.37. The molecule has 2 aliphatic rings. The van der Waals surface area contributed by atoms with Crippen molar-refractivity contribution in [3.63, 3.8) is 0 Å². The van der Waals surface area contributed by atoms with Gasteiger partial charge in [-0.25, -0.2) is 18.3 Å². The van der Waals surface area contributed by atoms with Crippen LogP contribution in [0.3, 0.4) is 0 Å². The molecule has 0 spiro atoms. The van der Waals surface area contributed by atoms with Gasteiger partial charge in [0.2, 0.25) is 12.7 Å². The van der Waals surface area contributed by atoms with Crippen LogP contribution in [-0.2, 0) is 26.2 Å². The molecule has 4 heterocycles. The van der Waals surface area contributed by atoms with Crippen molar-refractivity contribution >= 4 is 22.7 Å². The van der Waals surface area contributed by atoms with Crippen LogP contribution in [0.25, 0.3) is 0 Å². The number of rotatable bonds is 10. The smallest absolute Gasteiger partial charge is 0.243 e. The molecule has 0 bridgehead atoms. The van der Waals surface area contributed by atoms with Crippen LogP contribution in [0.2, 0.25) is 0 Å². The Hall–Kier alpha value is -4.02. The Morgan fingerprint density at radius 1 is 0.659 bits per heavy atom. The number of β-amino-alcohol motifs (C(OH)–C–C–N with tert-alkyl or cyclic N) is 2. The molecule has 2 aliphatic heterocycles. The van der Waals surface area contributed by atoms with Gasteiger partial charge in [-0.15, -0.1) is 0 Å². The van der Waals surface area contributed by atoms with Crippen molar-refractivity contribution in [3.8, 4) is 0 Å². The monoisotopic (exact) mass is 558 g/mol. The number of imidazole rings is 2. The van der Waals surface area contributed by atoms with Crippen molar-refractivity contribution in [2.45, 2.75) is 69.7 Å². The van der Waals surface area contributed by atoms with E-state index in [-0.39, 0.29) is 24.3 Å². The topological polar surface area (TPSA) is 117 Å². The summed E-state index contributed by atoms with van der Waals surface area (Å²) in [7, 11) is 0. The molecule has 0 amide bonds. The van der Waals surface area contributed by atoms with E-state index in [4.69, 9.17) is 11.5 Å². The maximum atomic E-state index is 10.4. The van der Waals surface area contributed by atoms with Crippen molar-refractivity contribution in [2.24, 2.45) is 0 Å². The highest BCUT2D eigenvalue weighted by atomic mass is 16.3. The molecule has 0 saturated carbocycles. The molecule has 41 heavy (non-hydrogen) atoms. The van der Waals surface area contributed by atoms with Crippen LogP contribution in [0.1, 0.15) is 19.3 Å². The van der Waals surface area contributed by atoms with E-state index in [9.17, 15) is 10.2 Å². The molecule has 2 saturated heterocycles. The first-order chi connectivity index (χ1) is 19.9. The fraction of sp³-hybridized carbons (Fsp3) is 0.419. The Balaban J connectivity index is 0.996. The summed E-state index contributed by atoms with van der Waals surface area (Å²) in [5.41, 5.74) is 15.4. The van der Waals surface area contributed by atoms with Crippen molar-refractivity contribution in [2.75, 3.05) is 34.4 Å². The van der Waals surface area contributed by atoms with Gasteiger partial charge in [-0.05, 0) is 61.4 Å². The summed E-state index contributed by atoms with van der Waals surface area (Å²) >= 11 is 0. The number of aliphatic hydroxyl groups excluding tert-OH is 2. The van der Waals surface area contributed by atoms with Gasteiger partial charge in [0.05, 0.1) is 37.4 Å². The van der Waals surface area contributed by atoms with Gasteiger partial charge < -0.3 is 31.5 Å². The Morgan fingerprint density at radius 2 is 1.07 bits per heavy atom. The molecule has 6 N–H and O–H groups in total. The number of aryl methyl sites for hydroxylation is 2. The third kappa shape index (κ3) is 6.49. The molecular formula is C31H42N8O2+2. The average molecular weight is 559 g/mol. The summed E-state index contributed by atoms with van der Waals surface area (Å²) in [4.78, 5) is 4.58. The number of nitrogens with zero attached hydrogens (tertiary/aromatic N) is 6. The number of hydrogen-bond acceptors (Lipinski definition) is 6. The molecule has 4 unspecified atom stereocenters. The molecular weight excluding hydrogens is 516 g/mol. The molecule has 216 valence electrons. The third-order valence-corrected chi connectivity index (χ3v) is 8.40. The predicted molar refractivity (Wildman–Crippen MR) is 159 cm³/mol. The van der Waals surface area contributed by atoms with Crippen LogP contribution in [-0.4, -0.2) is 56.7 Å². The van der Waals surface area contributed by atoms with E-state index in [2.05, 4.69) is 65.5 Å². The first-order valence-corrected chi connectivity index (χ1v) is 14.6. The number of benzene rings is 2. The molecule has 10 nitrogen and oxygen atoms in total. The number of aromatic nitrogens is 4. The molecule has 2 aromatic carbocycles. The second kappa shape index (κ2) is 11.8. The lowest BCUT2D eigenvalue weighted by molar-refractivity contribution is -0.698. The number of anilines is 4. The Kier molecular flexibility index (Phi) is 7.84. The first-order valence-electron chi connectivity index (χ1n) is 14.6.